The molecule has 1 heterocycles. The second kappa shape index (κ2) is 13.6. The lowest BCUT2D eigenvalue weighted by atomic mass is 9.90. The van der Waals surface area contributed by atoms with E-state index in [4.69, 9.17) is 28.9 Å². The number of carbonyl (C=O) groups is 1. The van der Waals surface area contributed by atoms with Gasteiger partial charge in [0.1, 0.15) is 24.5 Å². The van der Waals surface area contributed by atoms with Crippen LogP contribution in [-0.2, 0) is 0 Å². The number of carboxylic acid groups (broad SMARTS) is 1. The van der Waals surface area contributed by atoms with Gasteiger partial charge < -0.3 is 26.8 Å². The third kappa shape index (κ3) is 5.75. The molecule has 10 heteroatoms. The van der Waals surface area contributed by atoms with Crippen molar-refractivity contribution in [1.82, 2.24) is 4.58 Å². The van der Waals surface area contributed by atoms with Gasteiger partial charge in [-0.05, 0) is 88.0 Å². The van der Waals surface area contributed by atoms with Crippen LogP contribution in [-0.4, -0.2) is 47.6 Å². The lowest BCUT2D eigenvalue weighted by Gasteiger charge is -2.24. The second-order valence-electron chi connectivity index (χ2n) is 8.75. The van der Waals surface area contributed by atoms with Crippen molar-refractivity contribution in [1.29, 1.82) is 0 Å². The summed E-state index contributed by atoms with van der Waals surface area (Å²) < 4.78 is 8.82. The Morgan fingerprint density at radius 1 is 0.950 bits per heavy atom. The molecule has 0 bridgehead atoms. The molecule has 0 fully saturated rings. The standard InChI is InChI=1S/C30H28N4O3S2.ClH/c1-5-33(6-2)20-10-12-22-26(16-20)37-29-23(13-14-25(28(29)32-18-39)34(7-3)8-4)27(22)21-11-9-19(31-17-38)15-24(21)30(35)36;/h9-16H,5-8H2,1-4H3;1H. The van der Waals surface area contributed by atoms with Gasteiger partial charge in [0.05, 0.1) is 33.3 Å². The minimum absolute atomic E-state index is 0. The molecule has 1 aliphatic carbocycles. The summed E-state index contributed by atoms with van der Waals surface area (Å²) in [5, 5.41) is 16.7. The van der Waals surface area contributed by atoms with Gasteiger partial charge in [-0.1, -0.05) is 6.07 Å². The van der Waals surface area contributed by atoms with E-state index in [0.29, 0.717) is 33.7 Å². The van der Waals surface area contributed by atoms with Crippen molar-refractivity contribution < 1.29 is 26.7 Å². The summed E-state index contributed by atoms with van der Waals surface area (Å²) in [6.45, 7) is 11.5. The van der Waals surface area contributed by atoms with Crippen LogP contribution in [0.15, 0.2) is 62.9 Å². The Morgan fingerprint density at radius 3 is 2.23 bits per heavy atom. The third-order valence-corrected chi connectivity index (χ3v) is 7.08. The van der Waals surface area contributed by atoms with Crippen LogP contribution in [0.1, 0.15) is 38.1 Å². The monoisotopic (exact) mass is 592 g/mol. The van der Waals surface area contributed by atoms with Crippen molar-refractivity contribution in [2.75, 3.05) is 31.1 Å². The van der Waals surface area contributed by atoms with Crippen LogP contribution >= 0.6 is 24.4 Å². The number of anilines is 1. The zero-order valence-electron chi connectivity index (χ0n) is 22.7. The Bertz CT molecular complexity index is 1710. The van der Waals surface area contributed by atoms with Gasteiger partial charge in [-0.3, -0.25) is 0 Å². The van der Waals surface area contributed by atoms with Gasteiger partial charge in [-0.2, -0.15) is 9.98 Å². The van der Waals surface area contributed by atoms with E-state index in [1.807, 2.05) is 30.3 Å². The Morgan fingerprint density at radius 2 is 1.62 bits per heavy atom. The molecule has 0 amide bonds. The molecule has 0 spiro atoms. The number of thiocarbonyl (C=S) groups is 2. The number of hydrogen-bond donors (Lipinski definition) is 1. The van der Waals surface area contributed by atoms with Gasteiger partial charge in [-0.15, -0.1) is 0 Å². The number of carboxylic acids is 1. The zero-order valence-corrected chi connectivity index (χ0v) is 25.1. The fourth-order valence-corrected chi connectivity index (χ4v) is 5.21. The second-order valence-corrected chi connectivity index (χ2v) is 9.12. The number of halogens is 1. The average molecular weight is 593 g/mol. The number of aliphatic imine (C=N–C) groups is 2. The molecule has 40 heavy (non-hydrogen) atoms. The summed E-state index contributed by atoms with van der Waals surface area (Å²) in [5.74, 6) is -0.470. The van der Waals surface area contributed by atoms with Crippen molar-refractivity contribution >= 4 is 68.8 Å². The molecule has 1 N–H and O–H groups in total. The first kappa shape index (κ1) is 30.8. The van der Waals surface area contributed by atoms with Crippen molar-refractivity contribution in [3.8, 4) is 22.5 Å². The summed E-state index contributed by atoms with van der Waals surface area (Å²) in [6, 6.07) is 14.9. The van der Waals surface area contributed by atoms with Crippen molar-refractivity contribution in [3.63, 3.8) is 0 Å². The minimum atomic E-state index is -1.08. The molecule has 0 saturated heterocycles. The SMILES string of the molecule is CCN(CC)c1ccc2c(-c3ccc(N=C=S)cc3C(=O)O)c3ccc(=[N+](CC)CC)cc-3oc2c1N=C=S.[Cl-]. The molecule has 2 aromatic rings. The molecule has 0 saturated carbocycles. The zero-order chi connectivity index (χ0) is 28.1. The molecule has 2 aromatic carbocycles. The first-order chi connectivity index (χ1) is 18.9. The topological polar surface area (TPSA) is 81.4 Å². The number of nitrogens with zero attached hydrogens (tertiary/aromatic N) is 4. The van der Waals surface area contributed by atoms with Crippen LogP contribution in [0.2, 0.25) is 0 Å². The summed E-state index contributed by atoms with van der Waals surface area (Å²) in [7, 11) is 0. The fourth-order valence-electron chi connectivity index (χ4n) is 5.02. The van der Waals surface area contributed by atoms with Crippen LogP contribution in [0.4, 0.5) is 17.1 Å². The fraction of sp³-hybridized carbons (Fsp3) is 0.267. The van der Waals surface area contributed by atoms with Crippen molar-refractivity contribution in [3.05, 3.63) is 59.5 Å². The van der Waals surface area contributed by atoms with Crippen molar-refractivity contribution in [2.45, 2.75) is 27.7 Å². The maximum atomic E-state index is 12.5. The third-order valence-electron chi connectivity index (χ3n) is 6.89. The van der Waals surface area contributed by atoms with E-state index in [0.717, 1.165) is 48.4 Å². The average Bonchev–Trinajstić information content (AvgIpc) is 2.94. The van der Waals surface area contributed by atoms with Gasteiger partial charge >= 0.3 is 5.97 Å². The molecule has 2 aliphatic rings. The molecule has 7 nitrogen and oxygen atoms in total. The maximum Gasteiger partial charge on any atom is 0.336 e. The molecular weight excluding hydrogens is 564 g/mol. The summed E-state index contributed by atoms with van der Waals surface area (Å²) in [5.41, 5.74) is 4.46. The van der Waals surface area contributed by atoms with Crippen LogP contribution in [0, 0.1) is 0 Å². The lowest BCUT2D eigenvalue weighted by Crippen LogP contribution is -3.00. The van der Waals surface area contributed by atoms with Gasteiger partial charge in [0.15, 0.2) is 5.58 Å². The summed E-state index contributed by atoms with van der Waals surface area (Å²) in [6.07, 6.45) is 0. The predicted octanol–water partition coefficient (Wildman–Crippen LogP) is 4.03. The number of isothiocyanates is 2. The Hall–Kier alpha value is -3.71. The molecule has 0 unspecified atom stereocenters. The van der Waals surface area contributed by atoms with Gasteiger partial charge in [0, 0.05) is 35.7 Å². The number of aromatic carboxylic acids is 1. The Labute approximate surface area is 250 Å². The van der Waals surface area contributed by atoms with Crippen LogP contribution in [0.5, 0.6) is 0 Å². The maximum absolute atomic E-state index is 12.5. The quantitative estimate of drug-likeness (QED) is 0.137. The molecule has 1 aliphatic heterocycles. The van der Waals surface area contributed by atoms with E-state index in [1.54, 1.807) is 12.1 Å². The lowest BCUT2D eigenvalue weighted by molar-refractivity contribution is -0.0000236. The molecule has 206 valence electrons. The van der Waals surface area contributed by atoms with E-state index in [-0.39, 0.29) is 18.0 Å². The number of rotatable bonds is 9. The normalized spacial score (nSPS) is 10.4. The highest BCUT2D eigenvalue weighted by atomic mass is 35.5. The van der Waals surface area contributed by atoms with E-state index < -0.39 is 5.97 Å². The smallest absolute Gasteiger partial charge is 0.336 e. The van der Waals surface area contributed by atoms with Crippen LogP contribution in [0.25, 0.3) is 33.4 Å². The highest BCUT2D eigenvalue weighted by Crippen LogP contribution is 2.46. The minimum Gasteiger partial charge on any atom is -1.00 e. The van der Waals surface area contributed by atoms with E-state index in [1.165, 1.54) is 6.07 Å². The van der Waals surface area contributed by atoms with Crippen LogP contribution < -0.4 is 27.2 Å². The summed E-state index contributed by atoms with van der Waals surface area (Å²) in [4.78, 5) is 23.1. The van der Waals surface area contributed by atoms with Gasteiger partial charge in [0.25, 0.3) is 0 Å². The predicted molar refractivity (Wildman–Crippen MR) is 165 cm³/mol. The number of hydrogen-bond acceptors (Lipinski definition) is 7. The highest BCUT2D eigenvalue weighted by molar-refractivity contribution is 7.78. The largest absolute Gasteiger partial charge is 1.00 e. The van der Waals surface area contributed by atoms with Gasteiger partial charge in [-0.25, -0.2) is 9.37 Å². The molecule has 0 aromatic heterocycles. The van der Waals surface area contributed by atoms with E-state index >= 15 is 0 Å². The van der Waals surface area contributed by atoms with E-state index in [9.17, 15) is 9.90 Å². The highest BCUT2D eigenvalue weighted by Gasteiger charge is 2.25. The van der Waals surface area contributed by atoms with Gasteiger partial charge in [0.2, 0.25) is 5.36 Å². The van der Waals surface area contributed by atoms with Crippen LogP contribution in [0.3, 0.4) is 0 Å². The first-order valence-corrected chi connectivity index (χ1v) is 13.6. The Balaban J connectivity index is 0.00000441. The number of fused-ring (bicyclic) bond motifs is 2. The summed E-state index contributed by atoms with van der Waals surface area (Å²) >= 11 is 9.76. The molecule has 0 atom stereocenters. The Kier molecular flexibility index (Phi) is 10.5. The number of benzene rings is 3. The molecular formula is C30H29ClN4O3S2. The van der Waals surface area contributed by atoms with Crippen molar-refractivity contribution in [2.24, 2.45) is 9.98 Å². The first-order valence-electron chi connectivity index (χ1n) is 12.8. The van der Waals surface area contributed by atoms with E-state index in [2.05, 4.69) is 57.5 Å². The molecule has 0 radical (unpaired) electrons. The molecule has 4 rings (SSSR count).